The SMILES string of the molecule is COC(=O)Nc1cccc(NC(=O)N(Cc2ccccc2)C2CC2)c1. The number of anilines is 2. The summed E-state index contributed by atoms with van der Waals surface area (Å²) in [7, 11) is 1.30. The van der Waals surface area contributed by atoms with E-state index in [1.54, 1.807) is 24.3 Å². The number of nitrogens with zero attached hydrogens (tertiary/aromatic N) is 1. The first kappa shape index (κ1) is 16.8. The van der Waals surface area contributed by atoms with E-state index in [4.69, 9.17) is 0 Å². The molecular weight excluding hydrogens is 318 g/mol. The molecule has 1 saturated carbocycles. The molecule has 0 heterocycles. The van der Waals surface area contributed by atoms with Crippen molar-refractivity contribution in [2.75, 3.05) is 17.7 Å². The molecule has 25 heavy (non-hydrogen) atoms. The van der Waals surface area contributed by atoms with Gasteiger partial charge in [-0.15, -0.1) is 0 Å². The van der Waals surface area contributed by atoms with Crippen molar-refractivity contribution in [3.63, 3.8) is 0 Å². The quantitative estimate of drug-likeness (QED) is 0.863. The van der Waals surface area contributed by atoms with E-state index in [0.717, 1.165) is 18.4 Å². The number of rotatable bonds is 5. The molecule has 2 aromatic rings. The lowest BCUT2D eigenvalue weighted by molar-refractivity contribution is 0.187. The van der Waals surface area contributed by atoms with Crippen LogP contribution < -0.4 is 10.6 Å². The third kappa shape index (κ3) is 4.73. The first-order valence-electron chi connectivity index (χ1n) is 8.22. The minimum Gasteiger partial charge on any atom is -0.453 e. The topological polar surface area (TPSA) is 70.7 Å². The number of carbonyl (C=O) groups is 2. The van der Waals surface area contributed by atoms with Gasteiger partial charge in [0.15, 0.2) is 0 Å². The summed E-state index contributed by atoms with van der Waals surface area (Å²) in [6, 6.07) is 17.1. The molecule has 1 aliphatic carbocycles. The van der Waals surface area contributed by atoms with Crippen LogP contribution in [0.4, 0.5) is 21.0 Å². The predicted octanol–water partition coefficient (Wildman–Crippen LogP) is 4.06. The first-order valence-corrected chi connectivity index (χ1v) is 8.22. The van der Waals surface area contributed by atoms with Crippen LogP contribution >= 0.6 is 0 Å². The average molecular weight is 339 g/mol. The molecule has 0 aliphatic heterocycles. The Bertz CT molecular complexity index is 745. The zero-order valence-corrected chi connectivity index (χ0v) is 14.1. The molecule has 1 fully saturated rings. The molecule has 0 unspecified atom stereocenters. The smallest absolute Gasteiger partial charge is 0.411 e. The Labute approximate surface area is 146 Å². The van der Waals surface area contributed by atoms with E-state index in [1.165, 1.54) is 7.11 Å². The molecule has 0 atom stereocenters. The standard InChI is InChI=1S/C19H21N3O3/c1-25-19(24)21-16-9-5-8-15(12-16)20-18(23)22(17-10-11-17)13-14-6-3-2-4-7-14/h2-9,12,17H,10-11,13H2,1H3,(H,20,23)(H,21,24). The van der Waals surface area contributed by atoms with Gasteiger partial charge in [-0.05, 0) is 36.6 Å². The lowest BCUT2D eigenvalue weighted by Crippen LogP contribution is -2.36. The van der Waals surface area contributed by atoms with Gasteiger partial charge in [-0.25, -0.2) is 9.59 Å². The van der Waals surface area contributed by atoms with Crippen molar-refractivity contribution in [1.82, 2.24) is 4.90 Å². The highest BCUT2D eigenvalue weighted by atomic mass is 16.5. The Morgan fingerprint density at radius 3 is 2.36 bits per heavy atom. The Balaban J connectivity index is 1.67. The van der Waals surface area contributed by atoms with E-state index >= 15 is 0 Å². The van der Waals surface area contributed by atoms with Crippen molar-refractivity contribution >= 4 is 23.5 Å². The maximum Gasteiger partial charge on any atom is 0.411 e. The maximum absolute atomic E-state index is 12.7. The van der Waals surface area contributed by atoms with Crippen molar-refractivity contribution < 1.29 is 14.3 Å². The number of hydrogen-bond acceptors (Lipinski definition) is 3. The van der Waals surface area contributed by atoms with Gasteiger partial charge in [-0.3, -0.25) is 5.32 Å². The summed E-state index contributed by atoms with van der Waals surface area (Å²) in [5, 5.41) is 5.49. The van der Waals surface area contributed by atoms with Crippen molar-refractivity contribution in [3.05, 3.63) is 60.2 Å². The lowest BCUT2D eigenvalue weighted by atomic mass is 10.2. The molecule has 2 aromatic carbocycles. The Hall–Kier alpha value is -3.02. The zero-order chi connectivity index (χ0) is 17.6. The van der Waals surface area contributed by atoms with Gasteiger partial charge in [0.05, 0.1) is 7.11 Å². The van der Waals surface area contributed by atoms with Crippen LogP contribution in [0.25, 0.3) is 0 Å². The Morgan fingerprint density at radius 2 is 1.72 bits per heavy atom. The number of hydrogen-bond donors (Lipinski definition) is 2. The van der Waals surface area contributed by atoms with E-state index in [1.807, 2.05) is 35.2 Å². The fourth-order valence-electron chi connectivity index (χ4n) is 2.57. The van der Waals surface area contributed by atoms with E-state index < -0.39 is 6.09 Å². The van der Waals surface area contributed by atoms with E-state index in [-0.39, 0.29) is 12.1 Å². The second-order valence-electron chi connectivity index (χ2n) is 5.97. The van der Waals surface area contributed by atoms with Gasteiger partial charge in [-0.1, -0.05) is 36.4 Å². The number of carbonyl (C=O) groups excluding carboxylic acids is 2. The third-order valence-corrected chi connectivity index (χ3v) is 3.99. The second-order valence-corrected chi connectivity index (χ2v) is 5.97. The van der Waals surface area contributed by atoms with Gasteiger partial charge in [0.25, 0.3) is 0 Å². The minimum absolute atomic E-state index is 0.137. The summed E-state index contributed by atoms with van der Waals surface area (Å²) in [4.78, 5) is 25.8. The number of methoxy groups -OCH3 is 1. The molecule has 0 spiro atoms. The highest BCUT2D eigenvalue weighted by Gasteiger charge is 2.32. The number of benzene rings is 2. The number of amides is 3. The van der Waals surface area contributed by atoms with Crippen LogP contribution in [-0.4, -0.2) is 30.2 Å². The number of ether oxygens (including phenoxy) is 1. The predicted molar refractivity (Wildman–Crippen MR) is 96.5 cm³/mol. The molecular formula is C19H21N3O3. The summed E-state index contributed by atoms with van der Waals surface area (Å²) in [5.74, 6) is 0. The molecule has 0 aromatic heterocycles. The summed E-state index contributed by atoms with van der Waals surface area (Å²) in [6.07, 6.45) is 1.51. The van der Waals surface area contributed by atoms with Gasteiger partial charge in [-0.2, -0.15) is 0 Å². The fraction of sp³-hybridized carbons (Fsp3) is 0.263. The molecule has 0 bridgehead atoms. The van der Waals surface area contributed by atoms with E-state index in [9.17, 15) is 9.59 Å². The second kappa shape index (κ2) is 7.70. The molecule has 2 N–H and O–H groups in total. The van der Waals surface area contributed by atoms with Crippen molar-refractivity contribution in [2.24, 2.45) is 0 Å². The van der Waals surface area contributed by atoms with Crippen LogP contribution in [0.15, 0.2) is 54.6 Å². The van der Waals surface area contributed by atoms with Gasteiger partial charge in [0.2, 0.25) is 0 Å². The zero-order valence-electron chi connectivity index (χ0n) is 14.1. The summed E-state index contributed by atoms with van der Waals surface area (Å²) in [6.45, 7) is 0.581. The van der Waals surface area contributed by atoms with Gasteiger partial charge < -0.3 is 15.0 Å². The van der Waals surface area contributed by atoms with Crippen molar-refractivity contribution in [2.45, 2.75) is 25.4 Å². The number of nitrogens with one attached hydrogen (secondary N) is 2. The Morgan fingerprint density at radius 1 is 1.04 bits per heavy atom. The molecule has 3 amide bonds. The van der Waals surface area contributed by atoms with Crippen LogP contribution in [0.5, 0.6) is 0 Å². The highest BCUT2D eigenvalue weighted by Crippen LogP contribution is 2.29. The summed E-state index contributed by atoms with van der Waals surface area (Å²) < 4.78 is 4.57. The molecule has 130 valence electrons. The van der Waals surface area contributed by atoms with Gasteiger partial charge in [0, 0.05) is 24.0 Å². The molecule has 6 nitrogen and oxygen atoms in total. The van der Waals surface area contributed by atoms with Crippen molar-refractivity contribution in [1.29, 1.82) is 0 Å². The normalized spacial score (nSPS) is 13.0. The first-order chi connectivity index (χ1) is 12.2. The molecule has 0 saturated heterocycles. The van der Waals surface area contributed by atoms with Crippen molar-refractivity contribution in [3.8, 4) is 0 Å². The monoisotopic (exact) mass is 339 g/mol. The summed E-state index contributed by atoms with van der Waals surface area (Å²) >= 11 is 0. The van der Waals surface area contributed by atoms with Gasteiger partial charge >= 0.3 is 12.1 Å². The van der Waals surface area contributed by atoms with E-state index in [2.05, 4.69) is 15.4 Å². The number of urea groups is 1. The highest BCUT2D eigenvalue weighted by molar-refractivity contribution is 5.91. The van der Waals surface area contributed by atoms with Crippen LogP contribution in [0.3, 0.4) is 0 Å². The maximum atomic E-state index is 12.7. The lowest BCUT2D eigenvalue weighted by Gasteiger charge is -2.23. The van der Waals surface area contributed by atoms with Crippen LogP contribution in [0, 0.1) is 0 Å². The third-order valence-electron chi connectivity index (χ3n) is 3.99. The molecule has 1 aliphatic rings. The molecule has 0 radical (unpaired) electrons. The molecule has 3 rings (SSSR count). The van der Waals surface area contributed by atoms with Gasteiger partial charge in [0.1, 0.15) is 0 Å². The van der Waals surface area contributed by atoms with E-state index in [0.29, 0.717) is 17.9 Å². The van der Waals surface area contributed by atoms with Crippen LogP contribution in [-0.2, 0) is 11.3 Å². The Kier molecular flexibility index (Phi) is 5.18. The summed E-state index contributed by atoms with van der Waals surface area (Å²) in [5.41, 5.74) is 2.29. The minimum atomic E-state index is -0.549. The van der Waals surface area contributed by atoms with Crippen LogP contribution in [0.1, 0.15) is 18.4 Å². The largest absolute Gasteiger partial charge is 0.453 e. The fourth-order valence-corrected chi connectivity index (χ4v) is 2.57. The average Bonchev–Trinajstić information content (AvgIpc) is 3.45. The molecule has 6 heteroatoms. The van der Waals surface area contributed by atoms with Crippen LogP contribution in [0.2, 0.25) is 0 Å².